The lowest BCUT2D eigenvalue weighted by molar-refractivity contribution is 0.0796. The molecule has 0 fully saturated rings. The van der Waals surface area contributed by atoms with Crippen LogP contribution in [0.3, 0.4) is 0 Å². The Morgan fingerprint density at radius 2 is 1.76 bits per heavy atom. The number of amides is 3. The molecule has 25 heavy (non-hydrogen) atoms. The van der Waals surface area contributed by atoms with Crippen LogP contribution in [0.2, 0.25) is 10.0 Å². The minimum absolute atomic E-state index is 0.152. The number of carbonyl (C=O) groups excluding carboxylic acids is 2. The van der Waals surface area contributed by atoms with Gasteiger partial charge in [-0.25, -0.2) is 4.79 Å². The molecular formula is C17H15Cl2N3O3. The number of nitrogens with zero attached hydrogens (tertiary/aromatic N) is 1. The van der Waals surface area contributed by atoms with E-state index in [1.54, 1.807) is 48.3 Å². The summed E-state index contributed by atoms with van der Waals surface area (Å²) in [5.41, 5.74) is 1.39. The Kier molecular flexibility index (Phi) is 5.01. The molecule has 0 saturated heterocycles. The number of benzene rings is 2. The first-order valence-corrected chi connectivity index (χ1v) is 8.25. The fraction of sp³-hybridized carbons (Fsp3) is 0.176. The highest BCUT2D eigenvalue weighted by Gasteiger charge is 2.21. The standard InChI is InChI=1S/C17H15Cl2N3O3/c1-22-6-7-25-15-5-3-10(8-12(15)16(22)23)20-17(24)21-11-2-4-13(18)14(19)9-11/h2-5,8-9H,6-7H2,1H3,(H2,20,21,24). The number of carbonyl (C=O) groups is 2. The summed E-state index contributed by atoms with van der Waals surface area (Å²) in [5, 5.41) is 6.08. The summed E-state index contributed by atoms with van der Waals surface area (Å²) in [6.45, 7) is 0.938. The zero-order valence-corrected chi connectivity index (χ0v) is 14.8. The van der Waals surface area contributed by atoms with E-state index in [9.17, 15) is 9.59 Å². The molecule has 1 aliphatic rings. The number of fused-ring (bicyclic) bond motifs is 1. The third-order valence-corrected chi connectivity index (χ3v) is 4.42. The molecular weight excluding hydrogens is 365 g/mol. The molecule has 2 aromatic rings. The summed E-state index contributed by atoms with van der Waals surface area (Å²) in [6.07, 6.45) is 0. The van der Waals surface area contributed by atoms with Crippen molar-refractivity contribution < 1.29 is 14.3 Å². The molecule has 2 N–H and O–H groups in total. The molecule has 0 spiro atoms. The number of urea groups is 1. The second-order valence-electron chi connectivity index (χ2n) is 5.49. The maximum absolute atomic E-state index is 12.3. The molecule has 0 atom stereocenters. The Bertz CT molecular complexity index is 842. The van der Waals surface area contributed by atoms with E-state index in [1.807, 2.05) is 0 Å². The zero-order valence-electron chi connectivity index (χ0n) is 13.3. The fourth-order valence-corrected chi connectivity index (χ4v) is 2.67. The largest absolute Gasteiger partial charge is 0.491 e. The van der Waals surface area contributed by atoms with Crippen LogP contribution < -0.4 is 15.4 Å². The summed E-state index contributed by atoms with van der Waals surface area (Å²) < 4.78 is 5.55. The smallest absolute Gasteiger partial charge is 0.323 e. The van der Waals surface area contributed by atoms with Gasteiger partial charge in [0.25, 0.3) is 5.91 Å². The van der Waals surface area contributed by atoms with Crippen molar-refractivity contribution in [3.63, 3.8) is 0 Å². The Morgan fingerprint density at radius 1 is 1.08 bits per heavy atom. The fourth-order valence-electron chi connectivity index (χ4n) is 2.37. The van der Waals surface area contributed by atoms with Crippen LogP contribution in [0.25, 0.3) is 0 Å². The Morgan fingerprint density at radius 3 is 2.48 bits per heavy atom. The van der Waals surface area contributed by atoms with Gasteiger partial charge in [0.1, 0.15) is 12.4 Å². The first-order valence-electron chi connectivity index (χ1n) is 7.49. The molecule has 6 nitrogen and oxygen atoms in total. The molecule has 3 amide bonds. The van der Waals surface area contributed by atoms with Gasteiger partial charge in [0.15, 0.2) is 0 Å². The average Bonchev–Trinajstić information content (AvgIpc) is 2.71. The molecule has 0 aliphatic carbocycles. The van der Waals surface area contributed by atoms with E-state index in [1.165, 1.54) is 0 Å². The van der Waals surface area contributed by atoms with Crippen LogP contribution >= 0.6 is 23.2 Å². The van der Waals surface area contributed by atoms with Gasteiger partial charge < -0.3 is 20.3 Å². The SMILES string of the molecule is CN1CCOc2ccc(NC(=O)Nc3ccc(Cl)c(Cl)c3)cc2C1=O. The van der Waals surface area contributed by atoms with Crippen molar-refractivity contribution >= 4 is 46.5 Å². The van der Waals surface area contributed by atoms with Gasteiger partial charge in [0, 0.05) is 18.4 Å². The van der Waals surface area contributed by atoms with Crippen molar-refractivity contribution in [3.05, 3.63) is 52.0 Å². The number of anilines is 2. The topological polar surface area (TPSA) is 70.7 Å². The van der Waals surface area contributed by atoms with Gasteiger partial charge in [-0.3, -0.25) is 4.79 Å². The van der Waals surface area contributed by atoms with Gasteiger partial charge in [-0.1, -0.05) is 23.2 Å². The molecule has 2 aromatic carbocycles. The van der Waals surface area contributed by atoms with E-state index >= 15 is 0 Å². The van der Waals surface area contributed by atoms with Crippen molar-refractivity contribution in [2.24, 2.45) is 0 Å². The molecule has 1 heterocycles. The minimum Gasteiger partial charge on any atom is -0.491 e. The molecule has 1 aliphatic heterocycles. The van der Waals surface area contributed by atoms with Crippen molar-refractivity contribution in [1.82, 2.24) is 4.90 Å². The second kappa shape index (κ2) is 7.21. The number of likely N-dealkylation sites (N-methyl/N-ethyl adjacent to an activating group) is 1. The maximum Gasteiger partial charge on any atom is 0.323 e. The van der Waals surface area contributed by atoms with Gasteiger partial charge in [-0.05, 0) is 36.4 Å². The van der Waals surface area contributed by atoms with E-state index in [0.717, 1.165) is 0 Å². The third kappa shape index (κ3) is 3.97. The Labute approximate surface area is 154 Å². The van der Waals surface area contributed by atoms with Gasteiger partial charge in [0.2, 0.25) is 0 Å². The highest BCUT2D eigenvalue weighted by Crippen LogP contribution is 2.27. The van der Waals surface area contributed by atoms with E-state index in [-0.39, 0.29) is 5.91 Å². The summed E-state index contributed by atoms with van der Waals surface area (Å²) in [4.78, 5) is 26.0. The molecule has 3 rings (SSSR count). The lowest BCUT2D eigenvalue weighted by Crippen LogP contribution is -2.28. The first-order chi connectivity index (χ1) is 11.9. The molecule has 130 valence electrons. The number of hydrogen-bond donors (Lipinski definition) is 2. The summed E-state index contributed by atoms with van der Waals surface area (Å²) in [6, 6.07) is 9.24. The van der Waals surface area contributed by atoms with Crippen LogP contribution in [0, 0.1) is 0 Å². The van der Waals surface area contributed by atoms with E-state index in [4.69, 9.17) is 27.9 Å². The van der Waals surface area contributed by atoms with Gasteiger partial charge in [-0.15, -0.1) is 0 Å². The maximum atomic E-state index is 12.3. The van der Waals surface area contributed by atoms with Crippen LogP contribution in [0.1, 0.15) is 10.4 Å². The minimum atomic E-state index is -0.464. The van der Waals surface area contributed by atoms with E-state index < -0.39 is 6.03 Å². The highest BCUT2D eigenvalue weighted by molar-refractivity contribution is 6.42. The third-order valence-electron chi connectivity index (χ3n) is 3.68. The molecule has 0 radical (unpaired) electrons. The molecule has 0 bridgehead atoms. The van der Waals surface area contributed by atoms with Crippen LogP contribution in [0.5, 0.6) is 5.75 Å². The van der Waals surface area contributed by atoms with E-state index in [2.05, 4.69) is 10.6 Å². The quantitative estimate of drug-likeness (QED) is 0.824. The Hall–Kier alpha value is -2.44. The van der Waals surface area contributed by atoms with Crippen LogP contribution in [-0.4, -0.2) is 37.0 Å². The molecule has 8 heteroatoms. The van der Waals surface area contributed by atoms with Crippen LogP contribution in [0.15, 0.2) is 36.4 Å². The predicted molar refractivity (Wildman–Crippen MR) is 98.0 cm³/mol. The van der Waals surface area contributed by atoms with Gasteiger partial charge in [-0.2, -0.15) is 0 Å². The van der Waals surface area contributed by atoms with Crippen molar-refractivity contribution in [1.29, 1.82) is 0 Å². The summed E-state index contributed by atoms with van der Waals surface area (Å²) in [7, 11) is 1.71. The molecule has 0 saturated carbocycles. The average molecular weight is 380 g/mol. The predicted octanol–water partition coefficient (Wildman–Crippen LogP) is 4.10. The lowest BCUT2D eigenvalue weighted by atomic mass is 10.1. The second-order valence-corrected chi connectivity index (χ2v) is 6.31. The van der Waals surface area contributed by atoms with Crippen LogP contribution in [0.4, 0.5) is 16.2 Å². The number of halogens is 2. The normalized spacial score (nSPS) is 13.6. The van der Waals surface area contributed by atoms with Gasteiger partial charge in [0.05, 0.1) is 22.2 Å². The lowest BCUT2D eigenvalue weighted by Gasteiger charge is -2.13. The van der Waals surface area contributed by atoms with Gasteiger partial charge >= 0.3 is 6.03 Å². The molecule has 0 unspecified atom stereocenters. The Balaban J connectivity index is 1.74. The van der Waals surface area contributed by atoms with Crippen LogP contribution in [-0.2, 0) is 0 Å². The first kappa shape index (κ1) is 17.4. The monoisotopic (exact) mass is 379 g/mol. The van der Waals surface area contributed by atoms with Crippen molar-refractivity contribution in [3.8, 4) is 5.75 Å². The number of rotatable bonds is 2. The summed E-state index contributed by atoms with van der Waals surface area (Å²) in [5.74, 6) is 0.353. The van der Waals surface area contributed by atoms with Crippen molar-refractivity contribution in [2.75, 3.05) is 30.8 Å². The number of hydrogen-bond acceptors (Lipinski definition) is 3. The zero-order chi connectivity index (χ0) is 18.0. The van der Waals surface area contributed by atoms with Crippen molar-refractivity contribution in [2.45, 2.75) is 0 Å². The number of ether oxygens (including phenoxy) is 1. The summed E-state index contributed by atoms with van der Waals surface area (Å²) >= 11 is 11.8. The highest BCUT2D eigenvalue weighted by atomic mass is 35.5. The number of nitrogens with one attached hydrogen (secondary N) is 2. The van der Waals surface area contributed by atoms with E-state index in [0.29, 0.717) is 45.9 Å². The molecule has 0 aromatic heterocycles.